The number of hydrogen-bond donors (Lipinski definition) is 3. The minimum absolute atomic E-state index is 0.231. The van der Waals surface area contributed by atoms with Crippen LogP contribution in [0.3, 0.4) is 0 Å². The third-order valence-corrected chi connectivity index (χ3v) is 5.64. The molecule has 2 amide bonds. The molecule has 0 radical (unpaired) electrons. The highest BCUT2D eigenvalue weighted by atomic mass is 16.3. The van der Waals surface area contributed by atoms with Crippen molar-refractivity contribution in [3.63, 3.8) is 0 Å². The van der Waals surface area contributed by atoms with E-state index < -0.39 is 17.9 Å². The number of nitrogens with one attached hydrogen (secondary N) is 2. The van der Waals surface area contributed by atoms with Crippen LogP contribution in [0.5, 0.6) is 0 Å². The summed E-state index contributed by atoms with van der Waals surface area (Å²) in [4.78, 5) is 24.9. The molecule has 1 heterocycles. The molecule has 2 aromatic carbocycles. The Morgan fingerprint density at radius 3 is 2.29 bits per heavy atom. The Balaban J connectivity index is 1.48. The third-order valence-electron chi connectivity index (χ3n) is 5.64. The number of carbonyl (C=O) groups excluding carboxylic acids is 2. The van der Waals surface area contributed by atoms with Crippen molar-refractivity contribution in [2.45, 2.75) is 44.1 Å². The van der Waals surface area contributed by atoms with Crippen molar-refractivity contribution < 1.29 is 14.7 Å². The van der Waals surface area contributed by atoms with Gasteiger partial charge < -0.3 is 15.7 Å². The van der Waals surface area contributed by atoms with Crippen LogP contribution in [0.25, 0.3) is 0 Å². The van der Waals surface area contributed by atoms with Gasteiger partial charge in [0, 0.05) is 5.69 Å². The van der Waals surface area contributed by atoms with Crippen molar-refractivity contribution in [2.24, 2.45) is 0 Å². The third kappa shape index (κ3) is 3.65. The fraction of sp³-hybridized carbons (Fsp3) is 0.304. The fourth-order valence-electron chi connectivity index (χ4n) is 4.11. The SMILES string of the molecule is O=C(Nc1ccc(C2CCCCC2)cc1)C1=C(O)C(c2ccccc2)NC1=O. The molecular weight excluding hydrogens is 352 g/mol. The van der Waals surface area contributed by atoms with Crippen LogP contribution in [0.4, 0.5) is 5.69 Å². The first-order chi connectivity index (χ1) is 13.6. The number of hydrogen-bond acceptors (Lipinski definition) is 3. The average molecular weight is 376 g/mol. The minimum Gasteiger partial charge on any atom is -0.509 e. The molecule has 5 nitrogen and oxygen atoms in total. The van der Waals surface area contributed by atoms with Crippen molar-refractivity contribution in [1.29, 1.82) is 0 Å². The Morgan fingerprint density at radius 1 is 0.929 bits per heavy atom. The normalized spacial score (nSPS) is 20.1. The van der Waals surface area contributed by atoms with Crippen molar-refractivity contribution in [1.82, 2.24) is 5.32 Å². The maximum absolute atomic E-state index is 12.6. The number of aliphatic hydroxyl groups excluding tert-OH is 1. The first-order valence-electron chi connectivity index (χ1n) is 9.84. The molecule has 1 saturated carbocycles. The summed E-state index contributed by atoms with van der Waals surface area (Å²) in [6, 6.07) is 16.2. The molecule has 28 heavy (non-hydrogen) atoms. The Morgan fingerprint density at radius 2 is 1.61 bits per heavy atom. The fourth-order valence-corrected chi connectivity index (χ4v) is 4.11. The monoisotopic (exact) mass is 376 g/mol. The van der Waals surface area contributed by atoms with Crippen LogP contribution in [0.1, 0.15) is 55.2 Å². The van der Waals surface area contributed by atoms with Crippen LogP contribution in [0, 0.1) is 0 Å². The van der Waals surface area contributed by atoms with Gasteiger partial charge in [0.1, 0.15) is 17.4 Å². The van der Waals surface area contributed by atoms with Gasteiger partial charge in [0.2, 0.25) is 0 Å². The molecule has 2 aliphatic rings. The predicted octanol–water partition coefficient (Wildman–Crippen LogP) is 4.36. The number of aliphatic hydroxyl groups is 1. The smallest absolute Gasteiger partial charge is 0.264 e. The van der Waals surface area contributed by atoms with E-state index in [0.29, 0.717) is 11.6 Å². The quantitative estimate of drug-likeness (QED) is 0.694. The molecule has 1 unspecified atom stereocenters. The second kappa shape index (κ2) is 7.89. The lowest BCUT2D eigenvalue weighted by Crippen LogP contribution is -2.26. The zero-order chi connectivity index (χ0) is 19.5. The van der Waals surface area contributed by atoms with E-state index in [1.165, 1.54) is 37.7 Å². The standard InChI is InChI=1S/C23H24N2O3/c26-21-19(23(28)25-20(21)17-9-5-2-6-10-17)22(27)24-18-13-11-16(12-14-18)15-7-3-1-4-8-15/h2,5-6,9-15,20,26H,1,3-4,7-8H2,(H,24,27)(H,25,28). The molecule has 0 spiro atoms. The molecule has 4 rings (SSSR count). The summed E-state index contributed by atoms with van der Waals surface area (Å²) in [5.74, 6) is -0.813. The lowest BCUT2D eigenvalue weighted by molar-refractivity contribution is -0.120. The highest BCUT2D eigenvalue weighted by Crippen LogP contribution is 2.33. The first-order valence-corrected chi connectivity index (χ1v) is 9.84. The number of carbonyl (C=O) groups is 2. The van der Waals surface area contributed by atoms with Crippen LogP contribution in [0.2, 0.25) is 0 Å². The van der Waals surface area contributed by atoms with Gasteiger partial charge in [0.05, 0.1) is 0 Å². The van der Waals surface area contributed by atoms with E-state index in [0.717, 1.165) is 5.56 Å². The van der Waals surface area contributed by atoms with Gasteiger partial charge in [0.15, 0.2) is 0 Å². The topological polar surface area (TPSA) is 78.4 Å². The van der Waals surface area contributed by atoms with Crippen LogP contribution in [-0.2, 0) is 9.59 Å². The van der Waals surface area contributed by atoms with E-state index >= 15 is 0 Å². The van der Waals surface area contributed by atoms with Gasteiger partial charge in [-0.1, -0.05) is 61.7 Å². The maximum Gasteiger partial charge on any atom is 0.264 e. The van der Waals surface area contributed by atoms with E-state index in [2.05, 4.69) is 10.6 Å². The molecule has 1 aliphatic carbocycles. The Labute approximate surface area is 164 Å². The highest BCUT2D eigenvalue weighted by molar-refractivity contribution is 6.24. The summed E-state index contributed by atoms with van der Waals surface area (Å²) in [5, 5.41) is 15.9. The molecule has 5 heteroatoms. The van der Waals surface area contributed by atoms with E-state index in [1.807, 2.05) is 42.5 Å². The Bertz CT molecular complexity index is 897. The van der Waals surface area contributed by atoms with E-state index in [4.69, 9.17) is 0 Å². The van der Waals surface area contributed by atoms with Gasteiger partial charge in [0.25, 0.3) is 11.8 Å². The molecule has 0 aromatic heterocycles. The van der Waals surface area contributed by atoms with Gasteiger partial charge in [-0.15, -0.1) is 0 Å². The van der Waals surface area contributed by atoms with Crippen molar-refractivity contribution in [2.75, 3.05) is 5.32 Å². The highest BCUT2D eigenvalue weighted by Gasteiger charge is 2.36. The zero-order valence-corrected chi connectivity index (χ0v) is 15.7. The molecular formula is C23H24N2O3. The number of benzene rings is 2. The first kappa shape index (κ1) is 18.3. The summed E-state index contributed by atoms with van der Waals surface area (Å²) in [6.07, 6.45) is 6.29. The molecule has 0 saturated heterocycles. The van der Waals surface area contributed by atoms with Crippen molar-refractivity contribution >= 4 is 17.5 Å². The van der Waals surface area contributed by atoms with Gasteiger partial charge in [-0.3, -0.25) is 9.59 Å². The zero-order valence-electron chi connectivity index (χ0n) is 15.7. The minimum atomic E-state index is -0.692. The predicted molar refractivity (Wildman–Crippen MR) is 108 cm³/mol. The average Bonchev–Trinajstić information content (AvgIpc) is 3.04. The second-order valence-corrected chi connectivity index (χ2v) is 7.49. The van der Waals surface area contributed by atoms with Gasteiger partial charge in [-0.05, 0) is 42.0 Å². The number of anilines is 1. The molecule has 1 atom stereocenters. The van der Waals surface area contributed by atoms with E-state index in [9.17, 15) is 14.7 Å². The maximum atomic E-state index is 12.6. The van der Waals surface area contributed by atoms with Crippen molar-refractivity contribution in [3.05, 3.63) is 77.1 Å². The van der Waals surface area contributed by atoms with Crippen LogP contribution < -0.4 is 10.6 Å². The summed E-state index contributed by atoms with van der Waals surface area (Å²) >= 11 is 0. The van der Waals surface area contributed by atoms with E-state index in [1.54, 1.807) is 12.1 Å². The largest absolute Gasteiger partial charge is 0.509 e. The summed E-state index contributed by atoms with van der Waals surface area (Å²) in [7, 11) is 0. The molecule has 144 valence electrons. The molecule has 3 N–H and O–H groups in total. The summed E-state index contributed by atoms with van der Waals surface area (Å²) < 4.78 is 0. The molecule has 2 aromatic rings. The Kier molecular flexibility index (Phi) is 5.15. The molecule has 1 fully saturated rings. The Hall–Kier alpha value is -3.08. The van der Waals surface area contributed by atoms with Crippen molar-refractivity contribution in [3.8, 4) is 0 Å². The van der Waals surface area contributed by atoms with Crippen LogP contribution >= 0.6 is 0 Å². The van der Waals surface area contributed by atoms with Gasteiger partial charge >= 0.3 is 0 Å². The summed E-state index contributed by atoms with van der Waals surface area (Å²) in [5.41, 5.74) is 2.40. The lowest BCUT2D eigenvalue weighted by Gasteiger charge is -2.22. The summed E-state index contributed by atoms with van der Waals surface area (Å²) in [6.45, 7) is 0. The second-order valence-electron chi connectivity index (χ2n) is 7.49. The van der Waals surface area contributed by atoms with Gasteiger partial charge in [-0.2, -0.15) is 0 Å². The number of rotatable bonds is 4. The van der Waals surface area contributed by atoms with Crippen LogP contribution in [0.15, 0.2) is 65.9 Å². The van der Waals surface area contributed by atoms with E-state index in [-0.39, 0.29) is 11.3 Å². The lowest BCUT2D eigenvalue weighted by atomic mass is 9.84. The molecule has 1 aliphatic heterocycles. The van der Waals surface area contributed by atoms with Crippen LogP contribution in [-0.4, -0.2) is 16.9 Å². The molecule has 0 bridgehead atoms. The van der Waals surface area contributed by atoms with Gasteiger partial charge in [-0.25, -0.2) is 0 Å². The number of amides is 2.